The van der Waals surface area contributed by atoms with Gasteiger partial charge < -0.3 is 5.11 Å². The number of hydrogen-bond donors (Lipinski definition) is 1. The van der Waals surface area contributed by atoms with Crippen molar-refractivity contribution in [3.8, 4) is 0 Å². The molecule has 0 aromatic carbocycles. The van der Waals surface area contributed by atoms with Crippen molar-refractivity contribution in [1.29, 1.82) is 0 Å². The summed E-state index contributed by atoms with van der Waals surface area (Å²) in [6, 6.07) is 0.305. The molecule has 1 atom stereocenters. The first kappa shape index (κ1) is 12.5. The van der Waals surface area contributed by atoms with Gasteiger partial charge >= 0.3 is 0 Å². The average Bonchev–Trinajstić information content (AvgIpc) is 2.88. The molecule has 0 amide bonds. The zero-order valence-corrected chi connectivity index (χ0v) is 10.7. The quantitative estimate of drug-likeness (QED) is 0.828. The minimum Gasteiger partial charge on any atom is -0.395 e. The number of nitrogens with zero attached hydrogens (tertiary/aromatic N) is 4. The summed E-state index contributed by atoms with van der Waals surface area (Å²) >= 11 is 0. The predicted molar refractivity (Wildman–Crippen MR) is 65.4 cm³/mol. The molecule has 96 valence electrons. The van der Waals surface area contributed by atoms with Gasteiger partial charge in [-0.05, 0) is 25.3 Å². The summed E-state index contributed by atoms with van der Waals surface area (Å²) in [4.78, 5) is 6.64. The summed E-state index contributed by atoms with van der Waals surface area (Å²) in [7, 11) is 0. The molecule has 17 heavy (non-hydrogen) atoms. The van der Waals surface area contributed by atoms with Crippen LogP contribution in [0, 0.1) is 5.92 Å². The molecule has 1 N–H and O–H groups in total. The van der Waals surface area contributed by atoms with Gasteiger partial charge in [0.05, 0.1) is 13.2 Å². The van der Waals surface area contributed by atoms with Gasteiger partial charge in [0.1, 0.15) is 12.2 Å². The van der Waals surface area contributed by atoms with Gasteiger partial charge in [-0.3, -0.25) is 4.90 Å². The third-order valence-electron chi connectivity index (χ3n) is 3.29. The van der Waals surface area contributed by atoms with Crippen LogP contribution in [0.3, 0.4) is 0 Å². The summed E-state index contributed by atoms with van der Waals surface area (Å²) in [5.41, 5.74) is 0. The Morgan fingerprint density at radius 2 is 2.35 bits per heavy atom. The Labute approximate surface area is 102 Å². The number of aliphatic hydroxyl groups excluding tert-OH is 1. The van der Waals surface area contributed by atoms with Crippen LogP contribution < -0.4 is 0 Å². The number of hydrogen-bond acceptors (Lipinski definition) is 4. The Morgan fingerprint density at radius 3 is 3.06 bits per heavy atom. The highest BCUT2D eigenvalue weighted by Gasteiger charge is 2.25. The first-order valence-corrected chi connectivity index (χ1v) is 6.42. The van der Waals surface area contributed by atoms with Crippen molar-refractivity contribution in [3.05, 3.63) is 12.2 Å². The molecule has 1 fully saturated rings. The van der Waals surface area contributed by atoms with E-state index < -0.39 is 0 Å². The lowest BCUT2D eigenvalue weighted by atomic mass is 10.2. The van der Waals surface area contributed by atoms with Crippen molar-refractivity contribution in [1.82, 2.24) is 19.7 Å². The smallest absolute Gasteiger partial charge is 0.141 e. The van der Waals surface area contributed by atoms with Crippen molar-refractivity contribution < 1.29 is 5.11 Å². The summed E-state index contributed by atoms with van der Waals surface area (Å²) < 4.78 is 1.98. The van der Waals surface area contributed by atoms with Gasteiger partial charge in [-0.2, -0.15) is 5.10 Å². The van der Waals surface area contributed by atoms with Crippen LogP contribution in [0.5, 0.6) is 0 Å². The first-order valence-electron chi connectivity index (χ1n) is 6.42. The van der Waals surface area contributed by atoms with E-state index >= 15 is 0 Å². The maximum absolute atomic E-state index is 9.30. The fraction of sp³-hybridized carbons (Fsp3) is 0.833. The second kappa shape index (κ2) is 5.60. The van der Waals surface area contributed by atoms with Crippen LogP contribution in [-0.4, -0.2) is 44.0 Å². The number of likely N-dealkylation sites (tertiary alicyclic amines) is 1. The first-order chi connectivity index (χ1) is 8.20. The van der Waals surface area contributed by atoms with E-state index in [9.17, 15) is 5.11 Å². The third kappa shape index (κ3) is 3.04. The van der Waals surface area contributed by atoms with Gasteiger partial charge in [-0.25, -0.2) is 9.67 Å². The average molecular weight is 238 g/mol. The number of rotatable bonds is 5. The molecule has 1 aromatic rings. The molecule has 0 bridgehead atoms. The van der Waals surface area contributed by atoms with Crippen molar-refractivity contribution in [2.24, 2.45) is 5.92 Å². The summed E-state index contributed by atoms with van der Waals surface area (Å²) in [5.74, 6) is 1.58. The van der Waals surface area contributed by atoms with E-state index in [2.05, 4.69) is 28.8 Å². The third-order valence-corrected chi connectivity index (χ3v) is 3.29. The molecular weight excluding hydrogens is 216 g/mol. The lowest BCUT2D eigenvalue weighted by molar-refractivity contribution is 0.149. The molecule has 0 aliphatic carbocycles. The second-order valence-corrected chi connectivity index (χ2v) is 5.20. The fourth-order valence-electron chi connectivity index (χ4n) is 2.40. The van der Waals surface area contributed by atoms with Crippen LogP contribution in [0.15, 0.2) is 6.33 Å². The van der Waals surface area contributed by atoms with Crippen molar-refractivity contribution >= 4 is 0 Å². The number of aromatic nitrogens is 3. The van der Waals surface area contributed by atoms with Gasteiger partial charge in [0, 0.05) is 12.6 Å². The molecule has 5 heteroatoms. The molecule has 1 unspecified atom stereocenters. The largest absolute Gasteiger partial charge is 0.395 e. The minimum absolute atomic E-state index is 0.248. The maximum atomic E-state index is 9.30. The van der Waals surface area contributed by atoms with E-state index in [0.29, 0.717) is 12.0 Å². The van der Waals surface area contributed by atoms with E-state index in [4.69, 9.17) is 0 Å². The summed E-state index contributed by atoms with van der Waals surface area (Å²) in [6.07, 6.45) is 3.89. The molecule has 1 aliphatic rings. The van der Waals surface area contributed by atoms with Crippen molar-refractivity contribution in [3.63, 3.8) is 0 Å². The summed E-state index contributed by atoms with van der Waals surface area (Å²) in [6.45, 7) is 7.37. The molecule has 5 nitrogen and oxygen atoms in total. The number of aliphatic hydroxyl groups is 1. The highest BCUT2D eigenvalue weighted by atomic mass is 16.3. The monoisotopic (exact) mass is 238 g/mol. The molecule has 1 aliphatic heterocycles. The SMILES string of the molecule is CC(C)Cn1ncnc1CN1CCCC1CO. The van der Waals surface area contributed by atoms with E-state index in [1.54, 1.807) is 6.33 Å². The van der Waals surface area contributed by atoms with E-state index in [0.717, 1.165) is 31.9 Å². The van der Waals surface area contributed by atoms with Gasteiger partial charge in [0.25, 0.3) is 0 Å². The minimum atomic E-state index is 0.248. The molecule has 2 rings (SSSR count). The highest BCUT2D eigenvalue weighted by Crippen LogP contribution is 2.18. The predicted octanol–water partition coefficient (Wildman–Crippen LogP) is 0.891. The Morgan fingerprint density at radius 1 is 1.53 bits per heavy atom. The Kier molecular flexibility index (Phi) is 4.12. The standard InChI is InChI=1S/C12H22N4O/c1-10(2)6-16-12(13-9-14-16)7-15-5-3-4-11(15)8-17/h9-11,17H,3-8H2,1-2H3. The molecule has 2 heterocycles. The van der Waals surface area contributed by atoms with Crippen LogP contribution >= 0.6 is 0 Å². The highest BCUT2D eigenvalue weighted by molar-refractivity contribution is 4.89. The normalized spacial score (nSPS) is 21.5. The van der Waals surface area contributed by atoms with Crippen LogP contribution in [-0.2, 0) is 13.1 Å². The zero-order chi connectivity index (χ0) is 12.3. The molecule has 0 saturated carbocycles. The van der Waals surface area contributed by atoms with Gasteiger partial charge in [-0.1, -0.05) is 13.8 Å². The van der Waals surface area contributed by atoms with Gasteiger partial charge in [0.2, 0.25) is 0 Å². The van der Waals surface area contributed by atoms with E-state index in [-0.39, 0.29) is 6.61 Å². The van der Waals surface area contributed by atoms with E-state index in [1.165, 1.54) is 6.42 Å². The fourth-order valence-corrected chi connectivity index (χ4v) is 2.40. The Balaban J connectivity index is 2.00. The molecule has 1 saturated heterocycles. The van der Waals surface area contributed by atoms with Crippen LogP contribution in [0.1, 0.15) is 32.5 Å². The molecular formula is C12H22N4O. The molecule has 0 spiro atoms. The molecule has 0 radical (unpaired) electrons. The van der Waals surface area contributed by atoms with E-state index in [1.807, 2.05) is 4.68 Å². The summed E-state index contributed by atoms with van der Waals surface area (Å²) in [5, 5.41) is 13.6. The maximum Gasteiger partial charge on any atom is 0.141 e. The second-order valence-electron chi connectivity index (χ2n) is 5.20. The van der Waals surface area contributed by atoms with Gasteiger partial charge in [0.15, 0.2) is 0 Å². The Hall–Kier alpha value is -0.940. The lowest BCUT2D eigenvalue weighted by Gasteiger charge is -2.22. The Bertz CT molecular complexity index is 350. The van der Waals surface area contributed by atoms with Crippen LogP contribution in [0.4, 0.5) is 0 Å². The molecule has 1 aromatic heterocycles. The van der Waals surface area contributed by atoms with Crippen molar-refractivity contribution in [2.75, 3.05) is 13.2 Å². The van der Waals surface area contributed by atoms with Gasteiger partial charge in [-0.15, -0.1) is 0 Å². The van der Waals surface area contributed by atoms with Crippen molar-refractivity contribution in [2.45, 2.75) is 45.8 Å². The van der Waals surface area contributed by atoms with Crippen LogP contribution in [0.25, 0.3) is 0 Å². The van der Waals surface area contributed by atoms with Crippen LogP contribution in [0.2, 0.25) is 0 Å². The topological polar surface area (TPSA) is 54.2 Å². The lowest BCUT2D eigenvalue weighted by Crippen LogP contribution is -2.33. The zero-order valence-electron chi connectivity index (χ0n) is 10.7.